The first-order valence-corrected chi connectivity index (χ1v) is 5.25. The van der Waals surface area contributed by atoms with Gasteiger partial charge in [0.05, 0.1) is 5.92 Å². The molecule has 1 amide bonds. The van der Waals surface area contributed by atoms with E-state index in [2.05, 4.69) is 5.32 Å². The summed E-state index contributed by atoms with van der Waals surface area (Å²) in [5, 5.41) is 2.57. The molecule has 0 aromatic heterocycles. The minimum Gasteiger partial charge on any atom is -0.359 e. The number of carbonyl (C=O) groups excluding carboxylic acids is 1. The summed E-state index contributed by atoms with van der Waals surface area (Å²) >= 11 is 0. The third kappa shape index (κ3) is 3.03. The fourth-order valence-corrected chi connectivity index (χ4v) is 1.61. The predicted octanol–water partition coefficient (Wildman–Crippen LogP) is 0.998. The van der Waals surface area contributed by atoms with E-state index in [0.717, 1.165) is 5.56 Å². The molecular weight excluding hydrogens is 207 g/mol. The summed E-state index contributed by atoms with van der Waals surface area (Å²) in [5.74, 6) is -0.563. The highest BCUT2D eigenvalue weighted by Gasteiger charge is 2.16. The maximum absolute atomic E-state index is 13.0. The number of rotatable bonds is 4. The van der Waals surface area contributed by atoms with Crippen LogP contribution in [0, 0.1) is 18.7 Å². The van der Waals surface area contributed by atoms with Gasteiger partial charge in [0.15, 0.2) is 0 Å². The molecule has 88 valence electrons. The van der Waals surface area contributed by atoms with Gasteiger partial charge >= 0.3 is 0 Å². The zero-order valence-corrected chi connectivity index (χ0v) is 9.59. The fourth-order valence-electron chi connectivity index (χ4n) is 1.61. The molecular formula is C12H17FN2O. The Hall–Kier alpha value is -1.42. The van der Waals surface area contributed by atoms with Crippen molar-refractivity contribution in [2.24, 2.45) is 11.7 Å². The van der Waals surface area contributed by atoms with E-state index in [1.807, 2.05) is 0 Å². The Kier molecular flexibility index (Phi) is 4.43. The molecule has 0 radical (unpaired) electrons. The van der Waals surface area contributed by atoms with E-state index in [-0.39, 0.29) is 24.2 Å². The Morgan fingerprint density at radius 2 is 2.25 bits per heavy atom. The molecule has 1 aromatic rings. The van der Waals surface area contributed by atoms with Crippen LogP contribution in [0.5, 0.6) is 0 Å². The quantitative estimate of drug-likeness (QED) is 0.801. The van der Waals surface area contributed by atoms with E-state index in [1.54, 1.807) is 26.1 Å². The largest absolute Gasteiger partial charge is 0.359 e. The molecule has 4 heteroatoms. The van der Waals surface area contributed by atoms with E-state index in [9.17, 15) is 9.18 Å². The fraction of sp³-hybridized carbons (Fsp3) is 0.417. The summed E-state index contributed by atoms with van der Waals surface area (Å²) in [6.07, 6.45) is 0.539. The molecule has 0 bridgehead atoms. The van der Waals surface area contributed by atoms with Gasteiger partial charge in [-0.15, -0.1) is 0 Å². The molecule has 3 N–H and O–H groups in total. The van der Waals surface area contributed by atoms with Crippen molar-refractivity contribution >= 4 is 5.91 Å². The number of nitrogens with two attached hydrogens (primary N) is 1. The molecule has 0 aliphatic carbocycles. The highest BCUT2D eigenvalue weighted by molar-refractivity contribution is 5.78. The van der Waals surface area contributed by atoms with Gasteiger partial charge in [-0.2, -0.15) is 0 Å². The molecule has 0 aliphatic rings. The number of amides is 1. The lowest BCUT2D eigenvalue weighted by molar-refractivity contribution is -0.124. The summed E-state index contributed by atoms with van der Waals surface area (Å²) in [6, 6.07) is 4.86. The first-order valence-electron chi connectivity index (χ1n) is 5.25. The van der Waals surface area contributed by atoms with Gasteiger partial charge in [-0.3, -0.25) is 4.79 Å². The van der Waals surface area contributed by atoms with E-state index in [1.165, 1.54) is 6.07 Å². The van der Waals surface area contributed by atoms with Crippen LogP contribution in [-0.2, 0) is 11.2 Å². The first-order chi connectivity index (χ1) is 7.58. The summed E-state index contributed by atoms with van der Waals surface area (Å²) in [5.41, 5.74) is 7.05. The Labute approximate surface area is 94.8 Å². The van der Waals surface area contributed by atoms with Crippen LogP contribution in [0.3, 0.4) is 0 Å². The number of aryl methyl sites for hydroxylation is 1. The summed E-state index contributed by atoms with van der Waals surface area (Å²) in [4.78, 5) is 11.4. The number of hydrogen-bond donors (Lipinski definition) is 2. The van der Waals surface area contributed by atoms with Crippen molar-refractivity contribution in [2.45, 2.75) is 13.3 Å². The van der Waals surface area contributed by atoms with Gasteiger partial charge in [0, 0.05) is 13.6 Å². The molecule has 1 rings (SSSR count). The Morgan fingerprint density at radius 3 is 2.75 bits per heavy atom. The van der Waals surface area contributed by atoms with E-state index >= 15 is 0 Å². The third-order valence-electron chi connectivity index (χ3n) is 2.61. The monoisotopic (exact) mass is 224 g/mol. The van der Waals surface area contributed by atoms with E-state index in [0.29, 0.717) is 12.0 Å². The second-order valence-corrected chi connectivity index (χ2v) is 3.83. The van der Waals surface area contributed by atoms with Gasteiger partial charge in [0.1, 0.15) is 5.82 Å². The van der Waals surface area contributed by atoms with Gasteiger partial charge in [-0.25, -0.2) is 4.39 Å². The Morgan fingerprint density at radius 1 is 1.56 bits per heavy atom. The molecule has 1 atom stereocenters. The van der Waals surface area contributed by atoms with Crippen molar-refractivity contribution in [3.8, 4) is 0 Å². The van der Waals surface area contributed by atoms with Crippen LogP contribution in [0.1, 0.15) is 11.1 Å². The molecule has 0 heterocycles. The van der Waals surface area contributed by atoms with Gasteiger partial charge in [0.2, 0.25) is 5.91 Å². The normalized spacial score (nSPS) is 12.2. The van der Waals surface area contributed by atoms with Crippen LogP contribution in [0.4, 0.5) is 4.39 Å². The van der Waals surface area contributed by atoms with Crippen LogP contribution >= 0.6 is 0 Å². The lowest BCUT2D eigenvalue weighted by Crippen LogP contribution is -2.34. The lowest BCUT2D eigenvalue weighted by atomic mass is 9.97. The zero-order chi connectivity index (χ0) is 12.1. The predicted molar refractivity (Wildman–Crippen MR) is 61.5 cm³/mol. The average molecular weight is 224 g/mol. The second kappa shape index (κ2) is 5.61. The number of halogens is 1. The highest BCUT2D eigenvalue weighted by Crippen LogP contribution is 2.13. The number of hydrogen-bond acceptors (Lipinski definition) is 2. The van der Waals surface area contributed by atoms with Crippen molar-refractivity contribution in [3.63, 3.8) is 0 Å². The van der Waals surface area contributed by atoms with Gasteiger partial charge in [-0.1, -0.05) is 12.1 Å². The minimum absolute atomic E-state index is 0.0792. The lowest BCUT2D eigenvalue weighted by Gasteiger charge is -2.13. The molecule has 0 spiro atoms. The molecule has 0 saturated carbocycles. The van der Waals surface area contributed by atoms with Crippen molar-refractivity contribution in [2.75, 3.05) is 13.6 Å². The van der Waals surface area contributed by atoms with E-state index in [4.69, 9.17) is 5.73 Å². The molecule has 1 aromatic carbocycles. The molecule has 16 heavy (non-hydrogen) atoms. The van der Waals surface area contributed by atoms with Crippen molar-refractivity contribution in [3.05, 3.63) is 35.1 Å². The summed E-state index contributed by atoms with van der Waals surface area (Å²) < 4.78 is 13.0. The molecule has 0 aliphatic heterocycles. The van der Waals surface area contributed by atoms with Crippen molar-refractivity contribution in [1.29, 1.82) is 0 Å². The topological polar surface area (TPSA) is 55.1 Å². The molecule has 3 nitrogen and oxygen atoms in total. The summed E-state index contributed by atoms with van der Waals surface area (Å²) in [6.45, 7) is 1.99. The van der Waals surface area contributed by atoms with Crippen LogP contribution in [0.2, 0.25) is 0 Å². The smallest absolute Gasteiger partial charge is 0.224 e. The van der Waals surface area contributed by atoms with Crippen LogP contribution in [-0.4, -0.2) is 19.5 Å². The third-order valence-corrected chi connectivity index (χ3v) is 2.61. The van der Waals surface area contributed by atoms with Crippen LogP contribution < -0.4 is 11.1 Å². The SMILES string of the molecule is CNC(=O)C(CN)Cc1ccc(F)c(C)c1. The zero-order valence-electron chi connectivity index (χ0n) is 9.59. The highest BCUT2D eigenvalue weighted by atomic mass is 19.1. The number of benzene rings is 1. The Bertz CT molecular complexity index is 379. The van der Waals surface area contributed by atoms with Crippen LogP contribution in [0.25, 0.3) is 0 Å². The first kappa shape index (κ1) is 12.6. The maximum Gasteiger partial charge on any atom is 0.224 e. The molecule has 1 unspecified atom stereocenters. The summed E-state index contributed by atoms with van der Waals surface area (Å²) in [7, 11) is 1.58. The van der Waals surface area contributed by atoms with Crippen molar-refractivity contribution in [1.82, 2.24) is 5.32 Å². The molecule has 0 fully saturated rings. The average Bonchev–Trinajstić information content (AvgIpc) is 2.29. The van der Waals surface area contributed by atoms with Gasteiger partial charge < -0.3 is 11.1 Å². The minimum atomic E-state index is -0.255. The van der Waals surface area contributed by atoms with Crippen LogP contribution in [0.15, 0.2) is 18.2 Å². The standard InChI is InChI=1S/C12H17FN2O/c1-8-5-9(3-4-11(8)13)6-10(7-14)12(16)15-2/h3-5,10H,6-7,14H2,1-2H3,(H,15,16). The maximum atomic E-state index is 13.0. The van der Waals surface area contributed by atoms with Gasteiger partial charge in [-0.05, 0) is 30.5 Å². The number of nitrogens with one attached hydrogen (secondary N) is 1. The molecule has 0 saturated heterocycles. The Balaban J connectivity index is 2.78. The van der Waals surface area contributed by atoms with E-state index < -0.39 is 0 Å². The van der Waals surface area contributed by atoms with Gasteiger partial charge in [0.25, 0.3) is 0 Å². The van der Waals surface area contributed by atoms with Crippen molar-refractivity contribution < 1.29 is 9.18 Å². The second-order valence-electron chi connectivity index (χ2n) is 3.83. The number of carbonyl (C=O) groups is 1.